The number of aromatic nitrogens is 8. The van der Waals surface area contributed by atoms with E-state index < -0.39 is 0 Å². The molecule has 476 valence electrons. The monoisotopic (exact) mass is 1320 g/mol. The molecule has 6 aromatic heterocycles. The van der Waals surface area contributed by atoms with Crippen molar-refractivity contribution >= 4 is 97.1 Å². The van der Waals surface area contributed by atoms with Gasteiger partial charge < -0.3 is 13.6 Å². The van der Waals surface area contributed by atoms with E-state index >= 15 is 0 Å². The zero-order valence-electron chi connectivity index (χ0n) is 54.6. The third-order valence-corrected chi connectivity index (χ3v) is 20.3. The highest BCUT2D eigenvalue weighted by molar-refractivity contribution is 7.26. The van der Waals surface area contributed by atoms with Gasteiger partial charge in [0.15, 0.2) is 34.9 Å². The second-order valence-electron chi connectivity index (χ2n) is 25.2. The molecule has 11 heteroatoms. The smallest absolute Gasteiger partial charge is 0.164 e. The topological polar surface area (TPSA) is 124 Å². The molecular formula is C91H55N9OS. The number of fused-ring (bicyclic) bond motifs is 12. The summed E-state index contributed by atoms with van der Waals surface area (Å²) in [7, 11) is 0. The van der Waals surface area contributed by atoms with Gasteiger partial charge in [0.1, 0.15) is 11.2 Å². The van der Waals surface area contributed by atoms with Crippen LogP contribution in [0.4, 0.5) is 0 Å². The molecule has 0 saturated carbocycles. The molecule has 0 radical (unpaired) electrons. The van der Waals surface area contributed by atoms with Crippen molar-refractivity contribution in [1.29, 1.82) is 5.26 Å². The predicted octanol–water partition coefficient (Wildman–Crippen LogP) is 23.4. The summed E-state index contributed by atoms with van der Waals surface area (Å²) in [4.78, 5) is 29.7. The Morgan fingerprint density at radius 3 is 1.21 bits per heavy atom. The molecule has 14 aromatic carbocycles. The van der Waals surface area contributed by atoms with Crippen LogP contribution < -0.4 is 0 Å². The summed E-state index contributed by atoms with van der Waals surface area (Å²) in [5.74, 6) is 3.57. The maximum atomic E-state index is 9.58. The lowest BCUT2D eigenvalue weighted by atomic mass is 10.0. The normalized spacial score (nSPS) is 11.5. The van der Waals surface area contributed by atoms with Crippen molar-refractivity contribution in [3.05, 3.63) is 339 Å². The number of rotatable bonds is 10. The minimum absolute atomic E-state index is 0.518. The van der Waals surface area contributed by atoms with Crippen LogP contribution in [0.15, 0.2) is 338 Å². The highest BCUT2D eigenvalue weighted by atomic mass is 32.1. The molecule has 10 nitrogen and oxygen atoms in total. The molecule has 0 N–H and O–H groups in total. The fraction of sp³-hybridized carbons (Fsp3) is 0. The van der Waals surface area contributed by atoms with Gasteiger partial charge >= 0.3 is 0 Å². The molecule has 20 rings (SSSR count). The summed E-state index contributed by atoms with van der Waals surface area (Å²) in [5, 5.41) is 19.2. The van der Waals surface area contributed by atoms with Crippen LogP contribution in [0, 0.1) is 11.3 Å². The highest BCUT2D eigenvalue weighted by Gasteiger charge is 2.22. The number of thiophene rings is 1. The molecule has 0 aliphatic carbocycles. The number of hydrogen-bond acceptors (Lipinski definition) is 9. The van der Waals surface area contributed by atoms with Gasteiger partial charge in [0.2, 0.25) is 0 Å². The van der Waals surface area contributed by atoms with E-state index in [1.165, 1.54) is 52.8 Å². The summed E-state index contributed by atoms with van der Waals surface area (Å²) in [6.45, 7) is 0. The van der Waals surface area contributed by atoms with E-state index in [0.717, 1.165) is 99.9 Å². The number of furan rings is 1. The molecule has 0 fully saturated rings. The lowest BCUT2D eigenvalue weighted by molar-refractivity contribution is 0.670. The first-order chi connectivity index (χ1) is 50.5. The van der Waals surface area contributed by atoms with E-state index in [1.54, 1.807) is 6.07 Å². The maximum Gasteiger partial charge on any atom is 0.164 e. The Labute approximate surface area is 589 Å². The Morgan fingerprint density at radius 1 is 0.275 bits per heavy atom. The van der Waals surface area contributed by atoms with Crippen LogP contribution in [0.3, 0.4) is 0 Å². The van der Waals surface area contributed by atoms with Crippen molar-refractivity contribution in [1.82, 2.24) is 39.0 Å². The summed E-state index contributed by atoms with van der Waals surface area (Å²) in [6, 6.07) is 117. The van der Waals surface area contributed by atoms with Crippen LogP contribution in [-0.2, 0) is 0 Å². The zero-order valence-corrected chi connectivity index (χ0v) is 55.4. The molecule has 0 amide bonds. The average molecular weight is 1320 g/mol. The van der Waals surface area contributed by atoms with Crippen molar-refractivity contribution in [2.45, 2.75) is 0 Å². The lowest BCUT2D eigenvalue weighted by Gasteiger charge is -2.12. The van der Waals surface area contributed by atoms with Gasteiger partial charge in [-0.15, -0.1) is 11.3 Å². The molecule has 0 saturated heterocycles. The summed E-state index contributed by atoms with van der Waals surface area (Å²) in [5.41, 5.74) is 18.9. The van der Waals surface area contributed by atoms with Crippen LogP contribution in [-0.4, -0.2) is 39.0 Å². The summed E-state index contributed by atoms with van der Waals surface area (Å²) >= 11 is 1.86. The van der Waals surface area contributed by atoms with Gasteiger partial charge in [-0.3, -0.25) is 0 Å². The number of benzene rings is 14. The molecule has 102 heavy (non-hydrogen) atoms. The molecule has 0 aliphatic rings. The molecule has 0 atom stereocenters. The average Bonchev–Trinajstić information content (AvgIpc) is 1.59. The van der Waals surface area contributed by atoms with Crippen molar-refractivity contribution in [3.63, 3.8) is 0 Å². The Balaban J connectivity index is 0.000000141. The summed E-state index contributed by atoms with van der Waals surface area (Å²) in [6.07, 6.45) is 0. The Kier molecular flexibility index (Phi) is 14.5. The zero-order chi connectivity index (χ0) is 67.6. The number of nitriles is 1. The second-order valence-corrected chi connectivity index (χ2v) is 26.3. The van der Waals surface area contributed by atoms with E-state index in [-0.39, 0.29) is 0 Å². The van der Waals surface area contributed by atoms with E-state index in [2.05, 4.69) is 215 Å². The van der Waals surface area contributed by atoms with Gasteiger partial charge in [0.25, 0.3) is 0 Å². The Hall–Kier alpha value is -13.8. The first-order valence-electron chi connectivity index (χ1n) is 33.8. The van der Waals surface area contributed by atoms with Crippen LogP contribution in [0.2, 0.25) is 0 Å². The Bertz CT molecular complexity index is 6670. The minimum Gasteiger partial charge on any atom is -0.455 e. The van der Waals surface area contributed by atoms with Crippen LogP contribution >= 0.6 is 11.3 Å². The van der Waals surface area contributed by atoms with E-state index in [4.69, 9.17) is 34.3 Å². The number of hydrogen-bond donors (Lipinski definition) is 0. The molecule has 0 bridgehead atoms. The van der Waals surface area contributed by atoms with E-state index in [0.29, 0.717) is 40.5 Å². The van der Waals surface area contributed by atoms with Crippen LogP contribution in [0.25, 0.3) is 188 Å². The predicted molar refractivity (Wildman–Crippen MR) is 417 cm³/mol. The lowest BCUT2D eigenvalue weighted by Crippen LogP contribution is -2.01. The molecular weight excluding hydrogens is 1270 g/mol. The van der Waals surface area contributed by atoms with Crippen LogP contribution in [0.1, 0.15) is 5.56 Å². The summed E-state index contributed by atoms with van der Waals surface area (Å²) < 4.78 is 13.7. The second kappa shape index (κ2) is 24.9. The Morgan fingerprint density at radius 2 is 0.667 bits per heavy atom. The first-order valence-corrected chi connectivity index (χ1v) is 34.6. The molecule has 0 aliphatic heterocycles. The fourth-order valence-corrected chi connectivity index (χ4v) is 15.6. The fourth-order valence-electron chi connectivity index (χ4n) is 14.4. The first kappa shape index (κ1) is 59.5. The largest absolute Gasteiger partial charge is 0.455 e. The quantitative estimate of drug-likeness (QED) is 0.133. The van der Waals surface area contributed by atoms with Crippen molar-refractivity contribution in [2.75, 3.05) is 0 Å². The van der Waals surface area contributed by atoms with Gasteiger partial charge in [-0.2, -0.15) is 5.26 Å². The SMILES string of the molecule is N#Cc1cccc(-c2nc(-c3ccccc3)nc(-c3cccc(-n4c5ccccc5c5cc(-c6cccc7c6sc6ccccc67)ccc54)c3)n2)c1.c1ccc(-c2nc(-c3ccccc3)nc(-c3cccc(-n4c5ccccc5c5cc(-c6cccc7c6oc6ccccc67)ccc54)c3)n2)cc1. The van der Waals surface area contributed by atoms with Gasteiger partial charge in [-0.05, 0) is 102 Å². The number of nitrogens with zero attached hydrogens (tertiary/aromatic N) is 9. The van der Waals surface area contributed by atoms with Gasteiger partial charge in [0.05, 0.1) is 33.7 Å². The van der Waals surface area contributed by atoms with Crippen molar-refractivity contribution in [3.8, 4) is 108 Å². The van der Waals surface area contributed by atoms with E-state index in [9.17, 15) is 5.26 Å². The third-order valence-electron chi connectivity index (χ3n) is 19.1. The molecule has 20 aromatic rings. The third kappa shape index (κ3) is 10.5. The van der Waals surface area contributed by atoms with Crippen molar-refractivity contribution in [2.24, 2.45) is 0 Å². The maximum absolute atomic E-state index is 9.58. The number of para-hydroxylation sites is 4. The van der Waals surface area contributed by atoms with Gasteiger partial charge in [-0.25, -0.2) is 29.9 Å². The van der Waals surface area contributed by atoms with Crippen molar-refractivity contribution < 1.29 is 4.42 Å². The van der Waals surface area contributed by atoms with Gasteiger partial charge in [0, 0.05) is 103 Å². The molecule has 6 heterocycles. The standard InChI is InChI=1S/C46H27N5S.C45H28N4O/c47-28-29-11-8-14-32(25-29)45-48-44(30-12-2-1-3-13-30)49-46(50-45)33-15-9-16-34(26-33)51-40-21-6-4-17-36(40)39-27-31(23-24-41(39)51)35-19-10-20-38-37-18-5-7-22-42(37)52-43(35)38;1-3-13-29(14-4-1)43-46-44(30-15-5-2-6-16-30)48-45(47-43)32-17-11-18-33(27-32)49-39-23-9-7-19-35(39)38-28-31(25-26-40(38)49)34-21-12-22-37-36-20-8-10-24-41(36)50-42(34)37/h1-27H;1-28H. The van der Waals surface area contributed by atoms with Gasteiger partial charge in [-0.1, -0.05) is 249 Å². The van der Waals surface area contributed by atoms with E-state index in [1.807, 2.05) is 139 Å². The minimum atomic E-state index is 0.518. The highest BCUT2D eigenvalue weighted by Crippen LogP contribution is 2.44. The van der Waals surface area contributed by atoms with Crippen LogP contribution in [0.5, 0.6) is 0 Å². The molecule has 0 spiro atoms. The molecule has 0 unspecified atom stereocenters.